The summed E-state index contributed by atoms with van der Waals surface area (Å²) in [4.78, 5) is 0. The molecule has 1 heterocycles. The molecule has 0 saturated heterocycles. The fourth-order valence-electron chi connectivity index (χ4n) is 3.15. The Morgan fingerprint density at radius 2 is 1.70 bits per heavy atom. The lowest BCUT2D eigenvalue weighted by Gasteiger charge is -2.19. The number of hydrogen-bond donors (Lipinski definition) is 1. The molecule has 3 nitrogen and oxygen atoms in total. The van der Waals surface area contributed by atoms with Crippen molar-refractivity contribution >= 4 is 0 Å². The molecule has 3 heteroatoms. The third kappa shape index (κ3) is 3.66. The maximum Gasteiger partial charge on any atom is 0.161 e. The summed E-state index contributed by atoms with van der Waals surface area (Å²) in [6, 6.07) is 7.05. The maximum atomic E-state index is 5.63. The van der Waals surface area contributed by atoms with Crippen LogP contribution in [0.2, 0.25) is 0 Å². The second-order valence-corrected chi connectivity index (χ2v) is 5.87. The molecule has 0 radical (unpaired) electrons. The molecule has 1 aliphatic carbocycles. The predicted octanol–water partition coefficient (Wildman–Crippen LogP) is 3.31. The van der Waals surface area contributed by atoms with Crippen LogP contribution in [-0.2, 0) is 6.42 Å². The van der Waals surface area contributed by atoms with Gasteiger partial charge in [0.2, 0.25) is 0 Å². The minimum Gasteiger partial charge on any atom is -0.486 e. The van der Waals surface area contributed by atoms with Gasteiger partial charge in [-0.1, -0.05) is 31.7 Å². The van der Waals surface area contributed by atoms with Gasteiger partial charge < -0.3 is 14.8 Å². The van der Waals surface area contributed by atoms with E-state index in [0.717, 1.165) is 30.5 Å². The number of ether oxygens (including phenoxy) is 2. The highest BCUT2D eigenvalue weighted by atomic mass is 16.6. The van der Waals surface area contributed by atoms with Crippen molar-refractivity contribution in [2.45, 2.75) is 51.0 Å². The maximum absolute atomic E-state index is 5.63. The Hall–Kier alpha value is -1.22. The van der Waals surface area contributed by atoms with E-state index in [4.69, 9.17) is 9.47 Å². The molecule has 1 fully saturated rings. The van der Waals surface area contributed by atoms with Crippen molar-refractivity contribution in [3.63, 3.8) is 0 Å². The zero-order chi connectivity index (χ0) is 13.6. The summed E-state index contributed by atoms with van der Waals surface area (Å²) in [6.07, 6.45) is 9.37. The van der Waals surface area contributed by atoms with Crippen molar-refractivity contribution < 1.29 is 9.47 Å². The number of nitrogens with one attached hydrogen (secondary N) is 1. The first-order valence-corrected chi connectivity index (χ1v) is 8.04. The zero-order valence-corrected chi connectivity index (χ0v) is 12.2. The highest BCUT2D eigenvalue weighted by Gasteiger charge is 2.13. The van der Waals surface area contributed by atoms with Crippen LogP contribution in [0.1, 0.15) is 44.1 Å². The number of fused-ring (bicyclic) bond motifs is 1. The number of benzene rings is 1. The molecule has 1 aromatic carbocycles. The Balaban J connectivity index is 1.48. The van der Waals surface area contributed by atoms with E-state index in [1.165, 1.54) is 44.1 Å². The zero-order valence-electron chi connectivity index (χ0n) is 12.2. The topological polar surface area (TPSA) is 30.5 Å². The van der Waals surface area contributed by atoms with Gasteiger partial charge in [-0.25, -0.2) is 0 Å². The quantitative estimate of drug-likeness (QED) is 0.855. The van der Waals surface area contributed by atoms with Gasteiger partial charge in [0.05, 0.1) is 0 Å². The number of rotatable bonds is 4. The van der Waals surface area contributed by atoms with Gasteiger partial charge in [0.15, 0.2) is 11.5 Å². The van der Waals surface area contributed by atoms with Gasteiger partial charge in [-0.15, -0.1) is 0 Å². The van der Waals surface area contributed by atoms with Crippen molar-refractivity contribution in [3.8, 4) is 11.5 Å². The average Bonchev–Trinajstić information content (AvgIpc) is 2.76. The van der Waals surface area contributed by atoms with Gasteiger partial charge in [0, 0.05) is 6.04 Å². The summed E-state index contributed by atoms with van der Waals surface area (Å²) in [5, 5.41) is 3.72. The fourth-order valence-corrected chi connectivity index (χ4v) is 3.15. The van der Waals surface area contributed by atoms with E-state index in [2.05, 4.69) is 17.4 Å². The van der Waals surface area contributed by atoms with Crippen LogP contribution >= 0.6 is 0 Å². The molecule has 0 spiro atoms. The molecule has 0 aromatic heterocycles. The molecule has 0 amide bonds. The molecule has 20 heavy (non-hydrogen) atoms. The highest BCUT2D eigenvalue weighted by Crippen LogP contribution is 2.30. The molecule has 1 saturated carbocycles. The second-order valence-electron chi connectivity index (χ2n) is 5.87. The van der Waals surface area contributed by atoms with E-state index in [9.17, 15) is 0 Å². The van der Waals surface area contributed by atoms with Crippen LogP contribution in [0.25, 0.3) is 0 Å². The second kappa shape index (κ2) is 6.98. The molecule has 1 aliphatic heterocycles. The minimum absolute atomic E-state index is 0.662. The van der Waals surface area contributed by atoms with Gasteiger partial charge in [-0.05, 0) is 43.5 Å². The van der Waals surface area contributed by atoms with E-state index >= 15 is 0 Å². The van der Waals surface area contributed by atoms with Gasteiger partial charge in [0.1, 0.15) is 13.2 Å². The summed E-state index contributed by atoms with van der Waals surface area (Å²) >= 11 is 0. The van der Waals surface area contributed by atoms with Crippen molar-refractivity contribution in [2.75, 3.05) is 19.8 Å². The van der Waals surface area contributed by atoms with E-state index in [1.807, 2.05) is 6.07 Å². The van der Waals surface area contributed by atoms with Crippen LogP contribution in [0, 0.1) is 0 Å². The van der Waals surface area contributed by atoms with Crippen molar-refractivity contribution in [2.24, 2.45) is 0 Å². The largest absolute Gasteiger partial charge is 0.486 e. The lowest BCUT2D eigenvalue weighted by Crippen LogP contribution is -2.30. The molecule has 3 rings (SSSR count). The van der Waals surface area contributed by atoms with Crippen LogP contribution < -0.4 is 14.8 Å². The van der Waals surface area contributed by atoms with Crippen LogP contribution in [0.15, 0.2) is 18.2 Å². The summed E-state index contributed by atoms with van der Waals surface area (Å²) < 4.78 is 11.2. The Morgan fingerprint density at radius 1 is 0.950 bits per heavy atom. The van der Waals surface area contributed by atoms with Crippen LogP contribution in [0.4, 0.5) is 0 Å². The Bertz CT molecular complexity index is 425. The van der Waals surface area contributed by atoms with Gasteiger partial charge in [0.25, 0.3) is 0 Å². The van der Waals surface area contributed by atoms with Gasteiger partial charge >= 0.3 is 0 Å². The van der Waals surface area contributed by atoms with Crippen LogP contribution in [-0.4, -0.2) is 25.8 Å². The minimum atomic E-state index is 0.662. The standard InChI is InChI=1S/C17H25NO2/c1-2-4-6-15(5-3-1)18-10-9-14-7-8-16-17(13-14)20-12-11-19-16/h7-8,13,15,18H,1-6,9-12H2. The summed E-state index contributed by atoms with van der Waals surface area (Å²) in [5.74, 6) is 1.79. The fraction of sp³-hybridized carbons (Fsp3) is 0.647. The molecule has 1 N–H and O–H groups in total. The molecule has 2 aliphatic rings. The Labute approximate surface area is 121 Å². The molecule has 0 bridgehead atoms. The molecule has 110 valence electrons. The first kappa shape index (κ1) is 13.7. The smallest absolute Gasteiger partial charge is 0.161 e. The first-order valence-electron chi connectivity index (χ1n) is 8.04. The normalized spacial score (nSPS) is 19.6. The predicted molar refractivity (Wildman–Crippen MR) is 80.6 cm³/mol. The van der Waals surface area contributed by atoms with Gasteiger partial charge in [-0.2, -0.15) is 0 Å². The summed E-state index contributed by atoms with van der Waals surface area (Å²) in [7, 11) is 0. The monoisotopic (exact) mass is 275 g/mol. The van der Waals surface area contributed by atoms with E-state index in [1.54, 1.807) is 0 Å². The summed E-state index contributed by atoms with van der Waals surface area (Å²) in [5.41, 5.74) is 1.33. The highest BCUT2D eigenvalue weighted by molar-refractivity contribution is 5.43. The van der Waals surface area contributed by atoms with Crippen molar-refractivity contribution in [1.82, 2.24) is 5.32 Å². The number of hydrogen-bond acceptors (Lipinski definition) is 3. The molecule has 0 atom stereocenters. The summed E-state index contributed by atoms with van der Waals surface area (Å²) in [6.45, 7) is 2.39. The first-order chi connectivity index (χ1) is 9.92. The van der Waals surface area contributed by atoms with Gasteiger partial charge in [-0.3, -0.25) is 0 Å². The lowest BCUT2D eigenvalue weighted by atomic mass is 10.1. The lowest BCUT2D eigenvalue weighted by molar-refractivity contribution is 0.171. The average molecular weight is 275 g/mol. The SMILES string of the molecule is c1cc2c(cc1CCNC1CCCCCC1)OCCO2. The Morgan fingerprint density at radius 3 is 2.50 bits per heavy atom. The van der Waals surface area contributed by atoms with Crippen LogP contribution in [0.5, 0.6) is 11.5 Å². The van der Waals surface area contributed by atoms with E-state index in [0.29, 0.717) is 13.2 Å². The van der Waals surface area contributed by atoms with Crippen LogP contribution in [0.3, 0.4) is 0 Å². The van der Waals surface area contributed by atoms with Crippen molar-refractivity contribution in [3.05, 3.63) is 23.8 Å². The van der Waals surface area contributed by atoms with E-state index in [-0.39, 0.29) is 0 Å². The molecular formula is C17H25NO2. The molecule has 0 unspecified atom stereocenters. The Kier molecular flexibility index (Phi) is 4.80. The third-order valence-electron chi connectivity index (χ3n) is 4.31. The third-order valence-corrected chi connectivity index (χ3v) is 4.31. The van der Waals surface area contributed by atoms with Crippen molar-refractivity contribution in [1.29, 1.82) is 0 Å². The molecule has 1 aromatic rings. The molecular weight excluding hydrogens is 250 g/mol. The van der Waals surface area contributed by atoms with E-state index < -0.39 is 0 Å².